The molecule has 0 bridgehead atoms. The Morgan fingerprint density at radius 3 is 2.35 bits per heavy atom. The van der Waals surface area contributed by atoms with Gasteiger partial charge in [-0.2, -0.15) is 0 Å². The number of methoxy groups -OCH3 is 1. The molecule has 0 aromatic rings. The fourth-order valence-corrected chi connectivity index (χ4v) is 1.58. The molecule has 3 N–H and O–H groups in total. The summed E-state index contributed by atoms with van der Waals surface area (Å²) in [5, 5.41) is 13.8. The van der Waals surface area contributed by atoms with Crippen LogP contribution in [-0.4, -0.2) is 49.2 Å². The third-order valence-electron chi connectivity index (χ3n) is 2.54. The van der Waals surface area contributed by atoms with Gasteiger partial charge in [0.2, 0.25) is 11.8 Å². The molecule has 0 fully saturated rings. The summed E-state index contributed by atoms with van der Waals surface area (Å²) in [5.41, 5.74) is 0. The highest BCUT2D eigenvalue weighted by atomic mass is 16.5. The summed E-state index contributed by atoms with van der Waals surface area (Å²) < 4.78 is 4.81. The molecule has 0 aromatic heterocycles. The molecule has 0 saturated heterocycles. The molecule has 0 spiro atoms. The molecular weight excluding hydrogens is 264 g/mol. The normalized spacial score (nSPS) is 12.0. The summed E-state index contributed by atoms with van der Waals surface area (Å²) in [6.07, 6.45) is 1.20. The van der Waals surface area contributed by atoms with Crippen molar-refractivity contribution in [3.63, 3.8) is 0 Å². The molecule has 2 amide bonds. The predicted molar refractivity (Wildman–Crippen MR) is 73.1 cm³/mol. The van der Waals surface area contributed by atoms with Crippen LogP contribution in [0.1, 0.15) is 33.1 Å². The molecule has 0 unspecified atom stereocenters. The molecule has 0 aromatic carbocycles. The van der Waals surface area contributed by atoms with Gasteiger partial charge < -0.3 is 20.5 Å². The maximum Gasteiger partial charge on any atom is 0.326 e. The van der Waals surface area contributed by atoms with Crippen LogP contribution in [0.3, 0.4) is 0 Å². The second-order valence-electron chi connectivity index (χ2n) is 4.96. The maximum absolute atomic E-state index is 11.6. The summed E-state index contributed by atoms with van der Waals surface area (Å²) in [6, 6.07) is -0.923. The fourth-order valence-electron chi connectivity index (χ4n) is 1.58. The molecule has 0 rings (SSSR count). The van der Waals surface area contributed by atoms with E-state index in [1.54, 1.807) is 7.11 Å². The molecule has 0 saturated carbocycles. The smallest absolute Gasteiger partial charge is 0.326 e. The average Bonchev–Trinajstić information content (AvgIpc) is 2.35. The monoisotopic (exact) mass is 288 g/mol. The quantitative estimate of drug-likeness (QED) is 0.496. The van der Waals surface area contributed by atoms with E-state index in [1.807, 2.05) is 13.8 Å². The summed E-state index contributed by atoms with van der Waals surface area (Å²) in [4.78, 5) is 33.9. The highest BCUT2D eigenvalue weighted by Gasteiger charge is 2.20. The number of carbonyl (C=O) groups excluding carboxylic acids is 2. The van der Waals surface area contributed by atoms with Crippen LogP contribution in [-0.2, 0) is 19.1 Å². The van der Waals surface area contributed by atoms with Crippen molar-refractivity contribution in [1.82, 2.24) is 10.6 Å². The molecule has 0 aliphatic heterocycles. The first-order chi connectivity index (χ1) is 9.36. The van der Waals surface area contributed by atoms with E-state index in [0.717, 1.165) is 0 Å². The Labute approximate surface area is 119 Å². The summed E-state index contributed by atoms with van der Waals surface area (Å²) >= 11 is 0. The number of carboxylic acids is 1. The van der Waals surface area contributed by atoms with Gasteiger partial charge in [-0.15, -0.1) is 0 Å². The molecule has 20 heavy (non-hydrogen) atoms. The number of amides is 2. The summed E-state index contributed by atoms with van der Waals surface area (Å²) in [7, 11) is 1.55. The molecule has 0 aliphatic rings. The lowest BCUT2D eigenvalue weighted by molar-refractivity contribution is -0.142. The van der Waals surface area contributed by atoms with Crippen molar-refractivity contribution in [2.45, 2.75) is 39.2 Å². The zero-order valence-corrected chi connectivity index (χ0v) is 12.3. The maximum atomic E-state index is 11.6. The van der Waals surface area contributed by atoms with Gasteiger partial charge in [0, 0.05) is 20.1 Å². The SMILES string of the molecule is COCCCC(=O)NCC(=O)N[C@@H](CC(C)C)C(=O)O. The number of aliphatic carboxylic acids is 1. The first-order valence-electron chi connectivity index (χ1n) is 6.64. The minimum absolute atomic E-state index is 0.153. The minimum atomic E-state index is -1.07. The van der Waals surface area contributed by atoms with Crippen molar-refractivity contribution in [2.75, 3.05) is 20.3 Å². The third kappa shape index (κ3) is 9.32. The molecular formula is C13H24N2O5. The number of rotatable bonds is 10. The minimum Gasteiger partial charge on any atom is -0.480 e. The zero-order chi connectivity index (χ0) is 15.5. The van der Waals surface area contributed by atoms with Crippen LogP contribution < -0.4 is 10.6 Å². The van der Waals surface area contributed by atoms with Gasteiger partial charge in [-0.3, -0.25) is 9.59 Å². The van der Waals surface area contributed by atoms with Crippen molar-refractivity contribution in [2.24, 2.45) is 5.92 Å². The molecule has 116 valence electrons. The van der Waals surface area contributed by atoms with Gasteiger partial charge in [-0.25, -0.2) is 4.79 Å². The average molecular weight is 288 g/mol. The highest BCUT2D eigenvalue weighted by molar-refractivity contribution is 5.87. The van der Waals surface area contributed by atoms with Crippen LogP contribution in [0, 0.1) is 5.92 Å². The largest absolute Gasteiger partial charge is 0.480 e. The second-order valence-corrected chi connectivity index (χ2v) is 4.96. The molecule has 0 heterocycles. The number of carboxylic acid groups (broad SMARTS) is 1. The summed E-state index contributed by atoms with van der Waals surface area (Å²) in [5.74, 6) is -1.68. The van der Waals surface area contributed by atoms with Crippen LogP contribution in [0.2, 0.25) is 0 Å². The van der Waals surface area contributed by atoms with Crippen molar-refractivity contribution >= 4 is 17.8 Å². The molecule has 0 radical (unpaired) electrons. The lowest BCUT2D eigenvalue weighted by Crippen LogP contribution is -2.46. The van der Waals surface area contributed by atoms with Crippen molar-refractivity contribution in [1.29, 1.82) is 0 Å². The molecule has 1 atom stereocenters. The molecule has 0 aliphatic carbocycles. The van der Waals surface area contributed by atoms with E-state index in [0.29, 0.717) is 19.4 Å². The number of ether oxygens (including phenoxy) is 1. The summed E-state index contributed by atoms with van der Waals surface area (Å²) in [6.45, 7) is 4.02. The lowest BCUT2D eigenvalue weighted by Gasteiger charge is -2.16. The second kappa shape index (κ2) is 10.2. The van der Waals surface area contributed by atoms with Crippen LogP contribution in [0.4, 0.5) is 0 Å². The van der Waals surface area contributed by atoms with E-state index in [1.165, 1.54) is 0 Å². The first-order valence-corrected chi connectivity index (χ1v) is 6.64. The number of hydrogen-bond acceptors (Lipinski definition) is 4. The lowest BCUT2D eigenvalue weighted by atomic mass is 10.0. The van der Waals surface area contributed by atoms with E-state index in [9.17, 15) is 14.4 Å². The Morgan fingerprint density at radius 2 is 1.85 bits per heavy atom. The van der Waals surface area contributed by atoms with E-state index >= 15 is 0 Å². The van der Waals surface area contributed by atoms with E-state index in [2.05, 4.69) is 10.6 Å². The van der Waals surface area contributed by atoms with Gasteiger partial charge >= 0.3 is 5.97 Å². The third-order valence-corrected chi connectivity index (χ3v) is 2.54. The van der Waals surface area contributed by atoms with Gasteiger partial charge in [-0.1, -0.05) is 13.8 Å². The zero-order valence-electron chi connectivity index (χ0n) is 12.3. The Balaban J connectivity index is 4.01. The number of nitrogens with one attached hydrogen (secondary N) is 2. The Hall–Kier alpha value is -1.63. The number of hydrogen-bond donors (Lipinski definition) is 3. The van der Waals surface area contributed by atoms with Crippen LogP contribution in [0.25, 0.3) is 0 Å². The fraction of sp³-hybridized carbons (Fsp3) is 0.769. The van der Waals surface area contributed by atoms with Crippen molar-refractivity contribution in [3.05, 3.63) is 0 Å². The topological polar surface area (TPSA) is 105 Å². The predicted octanol–water partition coefficient (Wildman–Crippen LogP) is 0.145. The Bertz CT molecular complexity index is 331. The van der Waals surface area contributed by atoms with E-state index in [-0.39, 0.29) is 24.8 Å². The van der Waals surface area contributed by atoms with Crippen molar-refractivity contribution in [3.8, 4) is 0 Å². The van der Waals surface area contributed by atoms with Crippen molar-refractivity contribution < 1.29 is 24.2 Å². The van der Waals surface area contributed by atoms with E-state index in [4.69, 9.17) is 9.84 Å². The van der Waals surface area contributed by atoms with Crippen LogP contribution in [0.15, 0.2) is 0 Å². The van der Waals surface area contributed by atoms with Gasteiger partial charge in [0.1, 0.15) is 6.04 Å². The number of carbonyl (C=O) groups is 3. The standard InChI is InChI=1S/C13H24N2O5/c1-9(2)7-10(13(18)19)15-12(17)8-14-11(16)5-4-6-20-3/h9-10H,4-8H2,1-3H3,(H,14,16)(H,15,17)(H,18,19)/t10-/m0/s1. The molecule has 7 nitrogen and oxygen atoms in total. The van der Waals surface area contributed by atoms with E-state index < -0.39 is 17.9 Å². The highest BCUT2D eigenvalue weighted by Crippen LogP contribution is 2.04. The molecule has 7 heteroatoms. The van der Waals surface area contributed by atoms with Gasteiger partial charge in [0.25, 0.3) is 0 Å². The van der Waals surface area contributed by atoms with Gasteiger partial charge in [0.15, 0.2) is 0 Å². The first kappa shape index (κ1) is 18.4. The Kier molecular flexibility index (Phi) is 9.36. The van der Waals surface area contributed by atoms with Gasteiger partial charge in [0.05, 0.1) is 6.54 Å². The Morgan fingerprint density at radius 1 is 1.20 bits per heavy atom. The van der Waals surface area contributed by atoms with Crippen LogP contribution >= 0.6 is 0 Å². The van der Waals surface area contributed by atoms with Gasteiger partial charge in [-0.05, 0) is 18.8 Å². The van der Waals surface area contributed by atoms with Crippen LogP contribution in [0.5, 0.6) is 0 Å².